The van der Waals surface area contributed by atoms with Crippen molar-refractivity contribution in [2.75, 3.05) is 17.7 Å². The molecule has 0 spiro atoms. The fourth-order valence-electron chi connectivity index (χ4n) is 2.20. The van der Waals surface area contributed by atoms with Crippen LogP contribution in [0.15, 0.2) is 54.6 Å². The van der Waals surface area contributed by atoms with Crippen LogP contribution < -0.4 is 10.6 Å². The smallest absolute Gasteiger partial charge is 0.263 e. The van der Waals surface area contributed by atoms with E-state index in [1.807, 2.05) is 56.3 Å². The number of para-hydroxylation sites is 1. The SMILES string of the molecule is CCC(C)(OC)C(=O)N(c1ccccc1)c1ccc(N)cc1. The summed E-state index contributed by atoms with van der Waals surface area (Å²) in [4.78, 5) is 14.8. The molecule has 1 amide bonds. The Morgan fingerprint density at radius 2 is 1.64 bits per heavy atom. The van der Waals surface area contributed by atoms with Crippen molar-refractivity contribution in [1.29, 1.82) is 0 Å². The van der Waals surface area contributed by atoms with Gasteiger partial charge in [-0.2, -0.15) is 0 Å². The van der Waals surface area contributed by atoms with E-state index in [4.69, 9.17) is 10.5 Å². The standard InChI is InChI=1S/C18H22N2O2/c1-4-18(2,22-3)17(21)20(15-8-6-5-7-9-15)16-12-10-14(19)11-13-16/h5-13H,4,19H2,1-3H3. The van der Waals surface area contributed by atoms with Crippen molar-refractivity contribution in [3.05, 3.63) is 54.6 Å². The Morgan fingerprint density at radius 3 is 2.14 bits per heavy atom. The molecule has 22 heavy (non-hydrogen) atoms. The maximum absolute atomic E-state index is 13.1. The predicted octanol–water partition coefficient (Wildman–Crippen LogP) is 3.75. The van der Waals surface area contributed by atoms with Gasteiger partial charge in [-0.15, -0.1) is 0 Å². The maximum atomic E-state index is 13.1. The molecule has 2 rings (SSSR count). The number of benzene rings is 2. The van der Waals surface area contributed by atoms with Gasteiger partial charge in [0.1, 0.15) is 5.60 Å². The van der Waals surface area contributed by atoms with Gasteiger partial charge in [0.05, 0.1) is 0 Å². The van der Waals surface area contributed by atoms with E-state index < -0.39 is 5.60 Å². The highest BCUT2D eigenvalue weighted by atomic mass is 16.5. The second kappa shape index (κ2) is 6.62. The second-order valence-electron chi connectivity index (χ2n) is 5.36. The van der Waals surface area contributed by atoms with Crippen molar-refractivity contribution in [3.63, 3.8) is 0 Å². The number of carbonyl (C=O) groups excluding carboxylic acids is 1. The number of anilines is 3. The number of rotatable bonds is 5. The second-order valence-corrected chi connectivity index (χ2v) is 5.36. The van der Waals surface area contributed by atoms with Crippen LogP contribution in [-0.2, 0) is 9.53 Å². The van der Waals surface area contributed by atoms with Gasteiger partial charge in [-0.3, -0.25) is 9.69 Å². The van der Waals surface area contributed by atoms with Crippen molar-refractivity contribution < 1.29 is 9.53 Å². The first-order chi connectivity index (χ1) is 10.5. The summed E-state index contributed by atoms with van der Waals surface area (Å²) in [6.45, 7) is 3.75. The molecule has 0 heterocycles. The zero-order valence-electron chi connectivity index (χ0n) is 13.2. The summed E-state index contributed by atoms with van der Waals surface area (Å²) in [6, 6.07) is 16.8. The summed E-state index contributed by atoms with van der Waals surface area (Å²) in [5.74, 6) is -0.103. The van der Waals surface area contributed by atoms with Crippen LogP contribution in [0.4, 0.5) is 17.1 Å². The fourth-order valence-corrected chi connectivity index (χ4v) is 2.20. The zero-order chi connectivity index (χ0) is 16.2. The largest absolute Gasteiger partial charge is 0.399 e. The highest BCUT2D eigenvalue weighted by molar-refractivity contribution is 6.05. The molecule has 0 saturated heterocycles. The number of nitrogen functional groups attached to an aromatic ring is 1. The molecule has 0 radical (unpaired) electrons. The minimum atomic E-state index is -0.878. The summed E-state index contributed by atoms with van der Waals surface area (Å²) in [7, 11) is 1.56. The van der Waals surface area contributed by atoms with Gasteiger partial charge >= 0.3 is 0 Å². The topological polar surface area (TPSA) is 55.6 Å². The number of hydrogen-bond acceptors (Lipinski definition) is 3. The van der Waals surface area contributed by atoms with E-state index in [-0.39, 0.29) is 5.91 Å². The Morgan fingerprint density at radius 1 is 1.09 bits per heavy atom. The Hall–Kier alpha value is -2.33. The van der Waals surface area contributed by atoms with Crippen LogP contribution in [0.1, 0.15) is 20.3 Å². The highest BCUT2D eigenvalue weighted by Crippen LogP contribution is 2.31. The first-order valence-corrected chi connectivity index (χ1v) is 7.32. The number of ether oxygens (including phenoxy) is 1. The molecule has 2 aromatic rings. The molecule has 0 aliphatic carbocycles. The average molecular weight is 298 g/mol. The molecule has 0 bridgehead atoms. The van der Waals surface area contributed by atoms with Gasteiger partial charge in [-0.25, -0.2) is 0 Å². The van der Waals surface area contributed by atoms with Gasteiger partial charge < -0.3 is 10.5 Å². The lowest BCUT2D eigenvalue weighted by molar-refractivity contribution is -0.138. The van der Waals surface area contributed by atoms with Gasteiger partial charge in [-0.1, -0.05) is 25.1 Å². The van der Waals surface area contributed by atoms with Crippen LogP contribution in [0.2, 0.25) is 0 Å². The summed E-state index contributed by atoms with van der Waals surface area (Å²) >= 11 is 0. The predicted molar refractivity (Wildman–Crippen MR) is 90.1 cm³/mol. The molecule has 0 saturated carbocycles. The van der Waals surface area contributed by atoms with Gasteiger partial charge in [-0.05, 0) is 49.7 Å². The molecule has 116 valence electrons. The third-order valence-electron chi connectivity index (χ3n) is 3.95. The van der Waals surface area contributed by atoms with Gasteiger partial charge in [0, 0.05) is 24.2 Å². The molecule has 1 atom stereocenters. The lowest BCUT2D eigenvalue weighted by Crippen LogP contribution is -2.46. The lowest BCUT2D eigenvalue weighted by atomic mass is 10.00. The van der Waals surface area contributed by atoms with E-state index in [1.165, 1.54) is 0 Å². The monoisotopic (exact) mass is 298 g/mol. The normalized spacial score (nSPS) is 13.4. The number of amides is 1. The summed E-state index contributed by atoms with van der Waals surface area (Å²) in [6.07, 6.45) is 0.584. The number of methoxy groups -OCH3 is 1. The van der Waals surface area contributed by atoms with E-state index >= 15 is 0 Å². The molecular weight excluding hydrogens is 276 g/mol. The number of nitrogens with zero attached hydrogens (tertiary/aromatic N) is 1. The first-order valence-electron chi connectivity index (χ1n) is 7.32. The molecule has 2 aromatic carbocycles. The van der Waals surface area contributed by atoms with Crippen LogP contribution >= 0.6 is 0 Å². The number of hydrogen-bond donors (Lipinski definition) is 1. The van der Waals surface area contributed by atoms with E-state index in [1.54, 1.807) is 24.1 Å². The zero-order valence-corrected chi connectivity index (χ0v) is 13.2. The van der Waals surface area contributed by atoms with Crippen molar-refractivity contribution in [1.82, 2.24) is 0 Å². The third-order valence-corrected chi connectivity index (χ3v) is 3.95. The van der Waals surface area contributed by atoms with Crippen LogP contribution in [0.25, 0.3) is 0 Å². The third kappa shape index (κ3) is 3.12. The fraction of sp³-hybridized carbons (Fsp3) is 0.278. The summed E-state index contributed by atoms with van der Waals surface area (Å²) in [5, 5.41) is 0. The Kier molecular flexibility index (Phi) is 4.83. The summed E-state index contributed by atoms with van der Waals surface area (Å²) in [5.41, 5.74) is 7.10. The van der Waals surface area contributed by atoms with Gasteiger partial charge in [0.25, 0.3) is 5.91 Å². The highest BCUT2D eigenvalue weighted by Gasteiger charge is 2.36. The van der Waals surface area contributed by atoms with E-state index in [9.17, 15) is 4.79 Å². The van der Waals surface area contributed by atoms with Crippen molar-refractivity contribution in [3.8, 4) is 0 Å². The Bertz CT molecular complexity index is 619. The molecule has 0 fully saturated rings. The van der Waals surface area contributed by atoms with E-state index in [0.717, 1.165) is 11.4 Å². The maximum Gasteiger partial charge on any atom is 0.263 e. The minimum absolute atomic E-state index is 0.103. The summed E-state index contributed by atoms with van der Waals surface area (Å²) < 4.78 is 5.48. The van der Waals surface area contributed by atoms with Crippen molar-refractivity contribution >= 4 is 23.0 Å². The number of nitrogens with two attached hydrogens (primary N) is 1. The van der Waals surface area contributed by atoms with Crippen molar-refractivity contribution in [2.24, 2.45) is 0 Å². The average Bonchev–Trinajstić information content (AvgIpc) is 2.57. The van der Waals surface area contributed by atoms with E-state index in [2.05, 4.69) is 0 Å². The molecular formula is C18H22N2O2. The molecule has 0 aliphatic rings. The van der Waals surface area contributed by atoms with E-state index in [0.29, 0.717) is 12.1 Å². The molecule has 1 unspecified atom stereocenters. The Balaban J connectivity index is 2.51. The van der Waals surface area contributed by atoms with Gasteiger partial charge in [0.2, 0.25) is 0 Å². The Labute approximate surface area is 131 Å². The molecule has 4 heteroatoms. The number of carbonyl (C=O) groups is 1. The molecule has 2 N–H and O–H groups in total. The molecule has 4 nitrogen and oxygen atoms in total. The van der Waals surface area contributed by atoms with Gasteiger partial charge in [0.15, 0.2) is 0 Å². The lowest BCUT2D eigenvalue weighted by Gasteiger charge is -2.33. The van der Waals surface area contributed by atoms with Crippen LogP contribution in [0, 0.1) is 0 Å². The van der Waals surface area contributed by atoms with Crippen molar-refractivity contribution in [2.45, 2.75) is 25.9 Å². The van der Waals surface area contributed by atoms with Crippen LogP contribution in [0.5, 0.6) is 0 Å². The molecule has 0 aromatic heterocycles. The molecule has 0 aliphatic heterocycles. The first kappa shape index (κ1) is 16.0. The van der Waals surface area contributed by atoms with Crippen LogP contribution in [0.3, 0.4) is 0 Å². The minimum Gasteiger partial charge on any atom is -0.399 e. The quantitative estimate of drug-likeness (QED) is 0.855. The van der Waals surface area contributed by atoms with Crippen LogP contribution in [-0.4, -0.2) is 18.6 Å².